The molecule has 0 aliphatic carbocycles. The first-order valence-corrected chi connectivity index (χ1v) is 12.4. The second-order valence-corrected chi connectivity index (χ2v) is 8.70. The summed E-state index contributed by atoms with van der Waals surface area (Å²) in [4.78, 5) is 0. The minimum atomic E-state index is -1.02. The second kappa shape index (κ2) is 21.5. The minimum Gasteiger partial charge on any atom is -0.395 e. The Morgan fingerprint density at radius 3 is 1.21 bits per heavy atom. The predicted octanol–water partition coefficient (Wildman–Crippen LogP) is 5.46. The molecular weight excluding hydrogens is 350 g/mol. The van der Waals surface area contributed by atoms with Crippen LogP contribution < -0.4 is 5.73 Å². The van der Waals surface area contributed by atoms with Crippen LogP contribution in [-0.4, -0.2) is 40.2 Å². The molecule has 3 unspecified atom stereocenters. The highest BCUT2D eigenvalue weighted by atomic mass is 16.3. The Bertz CT molecular complexity index is 302. The standard InChI is InChI=1S/C24H51NO3/c1-2-3-4-5-6-7-8-9-10-11-12-13-14-15-16-17-18-19-20-23(27)24(28)22(25)21-26/h22-24,26-28H,2-21,25H2,1H3. The molecule has 0 aromatic heterocycles. The highest BCUT2D eigenvalue weighted by molar-refractivity contribution is 4.77. The lowest BCUT2D eigenvalue weighted by Crippen LogP contribution is -2.45. The van der Waals surface area contributed by atoms with Crippen molar-refractivity contribution >= 4 is 0 Å². The van der Waals surface area contributed by atoms with E-state index in [0.717, 1.165) is 12.8 Å². The molecule has 4 heteroatoms. The molecule has 5 N–H and O–H groups in total. The average molecular weight is 402 g/mol. The van der Waals surface area contributed by atoms with Crippen molar-refractivity contribution in [2.45, 2.75) is 147 Å². The monoisotopic (exact) mass is 401 g/mol. The Kier molecular flexibility index (Phi) is 21.4. The number of aliphatic hydroxyl groups is 3. The van der Waals surface area contributed by atoms with Gasteiger partial charge >= 0.3 is 0 Å². The molecule has 0 saturated carbocycles. The number of hydrogen-bond donors (Lipinski definition) is 4. The van der Waals surface area contributed by atoms with E-state index in [-0.39, 0.29) is 6.61 Å². The Morgan fingerprint density at radius 1 is 0.571 bits per heavy atom. The molecule has 0 aromatic rings. The van der Waals surface area contributed by atoms with E-state index >= 15 is 0 Å². The maximum atomic E-state index is 9.81. The van der Waals surface area contributed by atoms with Gasteiger partial charge in [0.2, 0.25) is 0 Å². The number of aliphatic hydroxyl groups excluding tert-OH is 3. The fraction of sp³-hybridized carbons (Fsp3) is 1.00. The van der Waals surface area contributed by atoms with Crippen LogP contribution in [0.3, 0.4) is 0 Å². The zero-order valence-corrected chi connectivity index (χ0v) is 18.8. The van der Waals surface area contributed by atoms with Gasteiger partial charge in [-0.1, -0.05) is 122 Å². The Balaban J connectivity index is 3.18. The summed E-state index contributed by atoms with van der Waals surface area (Å²) in [6.07, 6.45) is 22.8. The van der Waals surface area contributed by atoms with Crippen molar-refractivity contribution in [2.75, 3.05) is 6.61 Å². The summed E-state index contributed by atoms with van der Waals surface area (Å²) in [7, 11) is 0. The van der Waals surface area contributed by atoms with Crippen LogP contribution in [0.25, 0.3) is 0 Å². The molecule has 4 nitrogen and oxygen atoms in total. The fourth-order valence-corrected chi connectivity index (χ4v) is 3.82. The normalized spacial score (nSPS) is 14.9. The van der Waals surface area contributed by atoms with Crippen molar-refractivity contribution in [3.05, 3.63) is 0 Å². The van der Waals surface area contributed by atoms with Crippen LogP contribution in [0.2, 0.25) is 0 Å². The molecule has 0 rings (SSSR count). The molecule has 28 heavy (non-hydrogen) atoms. The summed E-state index contributed by atoms with van der Waals surface area (Å²) in [5.74, 6) is 0. The van der Waals surface area contributed by atoms with E-state index in [1.165, 1.54) is 103 Å². The van der Waals surface area contributed by atoms with Crippen LogP contribution in [0.5, 0.6) is 0 Å². The average Bonchev–Trinajstić information content (AvgIpc) is 2.71. The molecule has 0 bridgehead atoms. The lowest BCUT2D eigenvalue weighted by Gasteiger charge is -2.22. The van der Waals surface area contributed by atoms with Gasteiger partial charge in [0, 0.05) is 0 Å². The SMILES string of the molecule is CCCCCCCCCCCCCCCCCCCCC(O)C(O)C(N)CO. The number of hydrogen-bond acceptors (Lipinski definition) is 4. The van der Waals surface area contributed by atoms with Crippen LogP contribution in [0.1, 0.15) is 129 Å². The maximum Gasteiger partial charge on any atom is 0.0971 e. The highest BCUT2D eigenvalue weighted by Crippen LogP contribution is 2.15. The first-order chi connectivity index (χ1) is 13.6. The summed E-state index contributed by atoms with van der Waals surface area (Å²) >= 11 is 0. The van der Waals surface area contributed by atoms with Gasteiger partial charge < -0.3 is 21.1 Å². The second-order valence-electron chi connectivity index (χ2n) is 8.70. The predicted molar refractivity (Wildman–Crippen MR) is 120 cm³/mol. The molecule has 0 aliphatic heterocycles. The van der Waals surface area contributed by atoms with Crippen LogP contribution in [0.15, 0.2) is 0 Å². The molecule has 3 atom stereocenters. The summed E-state index contributed by atoms with van der Waals surface area (Å²) in [5.41, 5.74) is 5.53. The summed E-state index contributed by atoms with van der Waals surface area (Å²) in [6, 6.07) is -0.745. The zero-order chi connectivity index (χ0) is 20.9. The highest BCUT2D eigenvalue weighted by Gasteiger charge is 2.22. The first kappa shape index (κ1) is 27.8. The van der Waals surface area contributed by atoms with Gasteiger partial charge in [-0.3, -0.25) is 0 Å². The van der Waals surface area contributed by atoms with Crippen molar-refractivity contribution in [1.29, 1.82) is 0 Å². The summed E-state index contributed by atoms with van der Waals surface area (Å²) < 4.78 is 0. The fourth-order valence-electron chi connectivity index (χ4n) is 3.82. The molecular formula is C24H51NO3. The third-order valence-corrected chi connectivity index (χ3v) is 5.90. The Morgan fingerprint density at radius 2 is 0.893 bits per heavy atom. The van der Waals surface area contributed by atoms with E-state index in [9.17, 15) is 10.2 Å². The van der Waals surface area contributed by atoms with E-state index in [2.05, 4.69) is 6.92 Å². The molecule has 0 amide bonds. The molecule has 0 heterocycles. The first-order valence-electron chi connectivity index (χ1n) is 12.4. The summed E-state index contributed by atoms with van der Waals surface area (Å²) in [5, 5.41) is 28.4. The van der Waals surface area contributed by atoms with Gasteiger partial charge in [0.25, 0.3) is 0 Å². The van der Waals surface area contributed by atoms with Crippen molar-refractivity contribution < 1.29 is 15.3 Å². The van der Waals surface area contributed by atoms with Crippen molar-refractivity contribution in [2.24, 2.45) is 5.73 Å². The number of unbranched alkanes of at least 4 members (excludes halogenated alkanes) is 17. The molecule has 0 aliphatic rings. The van der Waals surface area contributed by atoms with Crippen molar-refractivity contribution in [3.63, 3.8) is 0 Å². The number of nitrogens with two attached hydrogens (primary N) is 1. The van der Waals surface area contributed by atoms with Crippen LogP contribution in [-0.2, 0) is 0 Å². The van der Waals surface area contributed by atoms with Crippen LogP contribution in [0.4, 0.5) is 0 Å². The van der Waals surface area contributed by atoms with Gasteiger partial charge in [0.1, 0.15) is 0 Å². The van der Waals surface area contributed by atoms with Crippen LogP contribution in [0, 0.1) is 0 Å². The Labute approximate surface area is 175 Å². The van der Waals surface area contributed by atoms with E-state index < -0.39 is 18.2 Å². The van der Waals surface area contributed by atoms with Crippen molar-refractivity contribution in [3.8, 4) is 0 Å². The topological polar surface area (TPSA) is 86.7 Å². The Hall–Kier alpha value is -0.160. The van der Waals surface area contributed by atoms with E-state index in [1.807, 2.05) is 0 Å². The lowest BCUT2D eigenvalue weighted by atomic mass is 10.00. The van der Waals surface area contributed by atoms with Gasteiger partial charge in [0.15, 0.2) is 0 Å². The zero-order valence-electron chi connectivity index (χ0n) is 18.8. The third kappa shape index (κ3) is 17.9. The molecule has 0 spiro atoms. The van der Waals surface area contributed by atoms with E-state index in [1.54, 1.807) is 0 Å². The van der Waals surface area contributed by atoms with Gasteiger partial charge in [0.05, 0.1) is 24.9 Å². The van der Waals surface area contributed by atoms with Gasteiger partial charge in [-0.2, -0.15) is 0 Å². The summed E-state index contributed by atoms with van der Waals surface area (Å²) in [6.45, 7) is 1.98. The van der Waals surface area contributed by atoms with Gasteiger partial charge in [-0.15, -0.1) is 0 Å². The lowest BCUT2D eigenvalue weighted by molar-refractivity contribution is -0.0121. The number of rotatable bonds is 22. The largest absolute Gasteiger partial charge is 0.395 e. The maximum absolute atomic E-state index is 9.81. The minimum absolute atomic E-state index is 0.294. The van der Waals surface area contributed by atoms with Crippen LogP contribution >= 0.6 is 0 Å². The molecule has 0 saturated heterocycles. The third-order valence-electron chi connectivity index (χ3n) is 5.90. The van der Waals surface area contributed by atoms with Crippen molar-refractivity contribution in [1.82, 2.24) is 0 Å². The molecule has 0 fully saturated rings. The molecule has 0 radical (unpaired) electrons. The molecule has 170 valence electrons. The quantitative estimate of drug-likeness (QED) is 0.181. The van der Waals surface area contributed by atoms with Gasteiger partial charge in [-0.05, 0) is 6.42 Å². The van der Waals surface area contributed by atoms with Gasteiger partial charge in [-0.25, -0.2) is 0 Å². The smallest absolute Gasteiger partial charge is 0.0971 e. The van der Waals surface area contributed by atoms with E-state index in [4.69, 9.17) is 10.8 Å². The molecule has 0 aromatic carbocycles. The van der Waals surface area contributed by atoms with E-state index in [0.29, 0.717) is 6.42 Å².